The van der Waals surface area contributed by atoms with Crippen LogP contribution in [0.25, 0.3) is 0 Å². The number of hydrogen-bond acceptors (Lipinski definition) is 4. The molecule has 0 unspecified atom stereocenters. The Kier molecular flexibility index (Phi) is 4.24. The van der Waals surface area contributed by atoms with Crippen LogP contribution >= 0.6 is 0 Å². The van der Waals surface area contributed by atoms with Gasteiger partial charge < -0.3 is 19.3 Å². The summed E-state index contributed by atoms with van der Waals surface area (Å²) in [5.41, 5.74) is 0.724. The van der Waals surface area contributed by atoms with Gasteiger partial charge in [0.25, 0.3) is 0 Å². The minimum Gasteiger partial charge on any atom is -0.504 e. The summed E-state index contributed by atoms with van der Waals surface area (Å²) in [7, 11) is 3.07. The van der Waals surface area contributed by atoms with Crippen LogP contribution in [0, 0.1) is 0 Å². The fraction of sp³-hybridized carbons (Fsp3) is 0.455. The Balaban J connectivity index is 3.09. The van der Waals surface area contributed by atoms with E-state index >= 15 is 0 Å². The number of rotatable bonds is 5. The van der Waals surface area contributed by atoms with Crippen molar-refractivity contribution in [2.75, 3.05) is 20.8 Å². The van der Waals surface area contributed by atoms with Crippen molar-refractivity contribution < 1.29 is 19.3 Å². The second-order valence-electron chi connectivity index (χ2n) is 2.94. The zero-order chi connectivity index (χ0) is 11.3. The first-order chi connectivity index (χ1) is 7.24. The van der Waals surface area contributed by atoms with E-state index in [0.717, 1.165) is 5.56 Å². The van der Waals surface area contributed by atoms with Crippen LogP contribution in [-0.2, 0) is 11.3 Å². The maximum Gasteiger partial charge on any atom is 0.169 e. The summed E-state index contributed by atoms with van der Waals surface area (Å²) < 4.78 is 15.6. The van der Waals surface area contributed by atoms with Gasteiger partial charge in [0.1, 0.15) is 5.75 Å². The van der Waals surface area contributed by atoms with E-state index in [4.69, 9.17) is 14.2 Å². The number of phenols is 1. The molecule has 0 aliphatic carbocycles. The molecule has 4 heteroatoms. The lowest BCUT2D eigenvalue weighted by molar-refractivity contribution is 0.129. The molecule has 84 valence electrons. The van der Waals surface area contributed by atoms with Crippen LogP contribution < -0.4 is 9.47 Å². The maximum atomic E-state index is 9.57. The molecule has 0 saturated heterocycles. The van der Waals surface area contributed by atoms with E-state index in [9.17, 15) is 5.11 Å². The Hall–Kier alpha value is -1.42. The number of hydrogen-bond donors (Lipinski definition) is 1. The van der Waals surface area contributed by atoms with Gasteiger partial charge in [0, 0.05) is 6.61 Å². The second-order valence-corrected chi connectivity index (χ2v) is 2.94. The van der Waals surface area contributed by atoms with Gasteiger partial charge in [0.15, 0.2) is 11.5 Å². The third kappa shape index (κ3) is 2.53. The summed E-state index contributed by atoms with van der Waals surface area (Å²) in [6.45, 7) is 2.86. The van der Waals surface area contributed by atoms with Crippen LogP contribution in [0.5, 0.6) is 17.2 Å². The molecule has 0 amide bonds. The molecule has 0 aromatic heterocycles. The van der Waals surface area contributed by atoms with E-state index in [1.807, 2.05) is 6.92 Å². The molecule has 4 nitrogen and oxygen atoms in total. The van der Waals surface area contributed by atoms with Crippen molar-refractivity contribution in [3.63, 3.8) is 0 Å². The molecule has 0 heterocycles. The Morgan fingerprint density at radius 2 is 1.93 bits per heavy atom. The van der Waals surface area contributed by atoms with Gasteiger partial charge in [-0.25, -0.2) is 0 Å². The molecule has 1 N–H and O–H groups in total. The van der Waals surface area contributed by atoms with Crippen LogP contribution in [-0.4, -0.2) is 25.9 Å². The van der Waals surface area contributed by atoms with Crippen molar-refractivity contribution in [3.8, 4) is 17.2 Å². The molecule has 0 saturated carbocycles. The predicted molar refractivity (Wildman–Crippen MR) is 56.5 cm³/mol. The zero-order valence-corrected chi connectivity index (χ0v) is 9.24. The average Bonchev–Trinajstić information content (AvgIpc) is 2.26. The fourth-order valence-corrected chi connectivity index (χ4v) is 1.36. The summed E-state index contributed by atoms with van der Waals surface area (Å²) in [6.07, 6.45) is 0. The fourth-order valence-electron chi connectivity index (χ4n) is 1.36. The smallest absolute Gasteiger partial charge is 0.169 e. The first-order valence-corrected chi connectivity index (χ1v) is 4.75. The SMILES string of the molecule is CCOCc1c(OC)ccc(O)c1OC. The monoisotopic (exact) mass is 212 g/mol. The maximum absolute atomic E-state index is 9.57. The average molecular weight is 212 g/mol. The van der Waals surface area contributed by atoms with Crippen molar-refractivity contribution in [2.45, 2.75) is 13.5 Å². The molecule has 0 atom stereocenters. The highest BCUT2D eigenvalue weighted by atomic mass is 16.5. The van der Waals surface area contributed by atoms with E-state index in [0.29, 0.717) is 24.7 Å². The molecular weight excluding hydrogens is 196 g/mol. The minimum atomic E-state index is 0.0907. The molecule has 0 spiro atoms. The van der Waals surface area contributed by atoms with Gasteiger partial charge in [-0.2, -0.15) is 0 Å². The molecular formula is C11H16O4. The zero-order valence-electron chi connectivity index (χ0n) is 9.24. The Labute approximate surface area is 89.4 Å². The number of phenolic OH excluding ortho intramolecular Hbond substituents is 1. The molecule has 0 bridgehead atoms. The van der Waals surface area contributed by atoms with E-state index < -0.39 is 0 Å². The van der Waals surface area contributed by atoms with Gasteiger partial charge in [-0.3, -0.25) is 0 Å². The first kappa shape index (κ1) is 11.7. The Morgan fingerprint density at radius 1 is 1.20 bits per heavy atom. The molecule has 0 aliphatic heterocycles. The van der Waals surface area contributed by atoms with Gasteiger partial charge >= 0.3 is 0 Å². The summed E-state index contributed by atoms with van der Waals surface area (Å²) in [6, 6.07) is 3.22. The van der Waals surface area contributed by atoms with E-state index in [1.165, 1.54) is 13.2 Å². The van der Waals surface area contributed by atoms with Gasteiger partial charge in [-0.1, -0.05) is 0 Å². The number of aromatic hydroxyl groups is 1. The molecule has 15 heavy (non-hydrogen) atoms. The van der Waals surface area contributed by atoms with Crippen molar-refractivity contribution in [3.05, 3.63) is 17.7 Å². The van der Waals surface area contributed by atoms with E-state index in [-0.39, 0.29) is 5.75 Å². The highest BCUT2D eigenvalue weighted by molar-refractivity contribution is 5.52. The van der Waals surface area contributed by atoms with Crippen LogP contribution in [0.3, 0.4) is 0 Å². The van der Waals surface area contributed by atoms with Crippen molar-refractivity contribution >= 4 is 0 Å². The Bertz CT molecular complexity index is 323. The van der Waals surface area contributed by atoms with E-state index in [2.05, 4.69) is 0 Å². The number of ether oxygens (including phenoxy) is 3. The Morgan fingerprint density at radius 3 is 2.47 bits per heavy atom. The summed E-state index contributed by atoms with van der Waals surface area (Å²) in [5, 5.41) is 9.57. The topological polar surface area (TPSA) is 47.9 Å². The van der Waals surface area contributed by atoms with Gasteiger partial charge in [0.2, 0.25) is 0 Å². The molecule has 1 aromatic carbocycles. The lowest BCUT2D eigenvalue weighted by atomic mass is 10.1. The summed E-state index contributed by atoms with van der Waals surface area (Å²) in [5.74, 6) is 1.15. The second kappa shape index (κ2) is 5.46. The minimum absolute atomic E-state index is 0.0907. The highest BCUT2D eigenvalue weighted by Gasteiger charge is 2.14. The van der Waals surface area contributed by atoms with Crippen LogP contribution in [0.1, 0.15) is 12.5 Å². The van der Waals surface area contributed by atoms with E-state index in [1.54, 1.807) is 13.2 Å². The van der Waals surface area contributed by atoms with Gasteiger partial charge in [-0.15, -0.1) is 0 Å². The molecule has 1 aromatic rings. The molecule has 1 rings (SSSR count). The van der Waals surface area contributed by atoms with Gasteiger partial charge in [-0.05, 0) is 19.1 Å². The van der Waals surface area contributed by atoms with Crippen molar-refractivity contribution in [1.29, 1.82) is 0 Å². The largest absolute Gasteiger partial charge is 0.504 e. The first-order valence-electron chi connectivity index (χ1n) is 4.75. The third-order valence-corrected chi connectivity index (χ3v) is 2.07. The van der Waals surface area contributed by atoms with Crippen LogP contribution in [0.4, 0.5) is 0 Å². The van der Waals surface area contributed by atoms with Crippen LogP contribution in [0.2, 0.25) is 0 Å². The number of methoxy groups -OCH3 is 2. The predicted octanol–water partition coefficient (Wildman–Crippen LogP) is 1.95. The van der Waals surface area contributed by atoms with Gasteiger partial charge in [0.05, 0.1) is 26.4 Å². The quantitative estimate of drug-likeness (QED) is 0.810. The normalized spacial score (nSPS) is 10.1. The summed E-state index contributed by atoms with van der Waals surface area (Å²) in [4.78, 5) is 0. The lowest BCUT2D eigenvalue weighted by Gasteiger charge is -2.13. The van der Waals surface area contributed by atoms with Crippen molar-refractivity contribution in [1.82, 2.24) is 0 Å². The van der Waals surface area contributed by atoms with Crippen LogP contribution in [0.15, 0.2) is 12.1 Å². The standard InChI is InChI=1S/C11H16O4/c1-4-15-7-8-10(13-2)6-5-9(12)11(8)14-3/h5-6,12H,4,7H2,1-3H3. The molecule has 0 radical (unpaired) electrons. The molecule has 0 fully saturated rings. The highest BCUT2D eigenvalue weighted by Crippen LogP contribution is 2.36. The lowest BCUT2D eigenvalue weighted by Crippen LogP contribution is -2.00. The molecule has 0 aliphatic rings. The summed E-state index contributed by atoms with van der Waals surface area (Å²) >= 11 is 0. The number of benzene rings is 1. The third-order valence-electron chi connectivity index (χ3n) is 2.07. The van der Waals surface area contributed by atoms with Crippen molar-refractivity contribution in [2.24, 2.45) is 0 Å².